The molecule has 30 heavy (non-hydrogen) atoms. The molecule has 8 nitrogen and oxygen atoms in total. The van der Waals surface area contributed by atoms with Crippen LogP contribution in [-0.2, 0) is 26.4 Å². The number of ether oxygens (including phenoxy) is 3. The van der Waals surface area contributed by atoms with Gasteiger partial charge >= 0.3 is 0 Å². The van der Waals surface area contributed by atoms with Crippen molar-refractivity contribution in [1.29, 1.82) is 0 Å². The smallest absolute Gasteiger partial charge is 0.155 e. The van der Waals surface area contributed by atoms with E-state index in [1.165, 1.54) is 6.07 Å². The number of fused-ring (bicyclic) bond motifs is 2. The molecule has 0 unspecified atom stereocenters. The van der Waals surface area contributed by atoms with Crippen molar-refractivity contribution in [2.45, 2.75) is 37.2 Å². The molecule has 3 N–H and O–H groups in total. The number of rotatable bonds is 3. The van der Waals surface area contributed by atoms with E-state index in [2.05, 4.69) is 15.5 Å². The average Bonchev–Trinajstić information content (AvgIpc) is 3.33. The van der Waals surface area contributed by atoms with Crippen molar-refractivity contribution < 1.29 is 28.8 Å². The molecule has 10 heteroatoms. The Morgan fingerprint density at radius 2 is 2.10 bits per heavy atom. The van der Waals surface area contributed by atoms with Gasteiger partial charge in [-0.25, -0.2) is 4.39 Å². The summed E-state index contributed by atoms with van der Waals surface area (Å²) in [5.74, 6) is -0.544. The monoisotopic (exact) mass is 437 g/mol. The zero-order chi connectivity index (χ0) is 20.9. The summed E-state index contributed by atoms with van der Waals surface area (Å²) in [5, 5.41) is 32.6. The highest BCUT2D eigenvalue weighted by Gasteiger charge is 2.48. The first-order valence-electron chi connectivity index (χ1n) is 9.81. The molecule has 3 aliphatic heterocycles. The molecule has 1 aromatic heterocycles. The lowest BCUT2D eigenvalue weighted by Crippen LogP contribution is -2.42. The number of halogens is 2. The van der Waals surface area contributed by atoms with Crippen LogP contribution in [0.5, 0.6) is 5.75 Å². The minimum Gasteiger partial charge on any atom is -0.507 e. The highest BCUT2D eigenvalue weighted by Crippen LogP contribution is 2.49. The van der Waals surface area contributed by atoms with E-state index >= 15 is 0 Å². The average molecular weight is 438 g/mol. The van der Waals surface area contributed by atoms with Gasteiger partial charge in [0.25, 0.3) is 0 Å². The molecule has 5 rings (SSSR count). The second-order valence-corrected chi connectivity index (χ2v) is 8.24. The SMILES string of the molecule is Oc1cc(Cl)cc(F)c1-c1nnc(N[C@@H]2CCOC[C@H]2O)c2c1CO[C@]21CCOC1. The number of hydrogen-bond donors (Lipinski definition) is 3. The van der Waals surface area contributed by atoms with Gasteiger partial charge in [0.05, 0.1) is 37.5 Å². The van der Waals surface area contributed by atoms with Crippen LogP contribution in [0, 0.1) is 5.82 Å². The lowest BCUT2D eigenvalue weighted by atomic mass is 9.89. The summed E-state index contributed by atoms with van der Waals surface area (Å²) in [4.78, 5) is 0. The molecule has 1 spiro atoms. The van der Waals surface area contributed by atoms with Gasteiger partial charge in [-0.05, 0) is 18.6 Å². The van der Waals surface area contributed by atoms with Crippen molar-refractivity contribution in [2.75, 3.05) is 31.7 Å². The maximum absolute atomic E-state index is 14.7. The van der Waals surface area contributed by atoms with Crippen molar-refractivity contribution >= 4 is 17.4 Å². The molecule has 3 aliphatic rings. The van der Waals surface area contributed by atoms with E-state index in [1.54, 1.807) is 0 Å². The molecule has 0 bridgehead atoms. The van der Waals surface area contributed by atoms with Gasteiger partial charge in [0.2, 0.25) is 0 Å². The van der Waals surface area contributed by atoms with Crippen molar-refractivity contribution in [1.82, 2.24) is 10.2 Å². The van der Waals surface area contributed by atoms with Gasteiger partial charge in [0.15, 0.2) is 5.82 Å². The van der Waals surface area contributed by atoms with Crippen LogP contribution in [0.1, 0.15) is 24.0 Å². The fourth-order valence-corrected chi connectivity index (χ4v) is 4.61. The predicted molar refractivity (Wildman–Crippen MR) is 105 cm³/mol. The third-order valence-corrected chi connectivity index (χ3v) is 6.15. The number of anilines is 1. The summed E-state index contributed by atoms with van der Waals surface area (Å²) in [5.41, 5.74) is 0.782. The topological polar surface area (TPSA) is 106 Å². The van der Waals surface area contributed by atoms with Crippen LogP contribution in [0.4, 0.5) is 10.2 Å². The summed E-state index contributed by atoms with van der Waals surface area (Å²) in [6.07, 6.45) is 0.536. The summed E-state index contributed by atoms with van der Waals surface area (Å²) < 4.78 is 31.8. The third kappa shape index (κ3) is 3.21. The fraction of sp³-hybridized carbons (Fsp3) is 0.500. The van der Waals surface area contributed by atoms with Gasteiger partial charge in [-0.3, -0.25) is 0 Å². The van der Waals surface area contributed by atoms with E-state index in [-0.39, 0.29) is 41.3 Å². The maximum atomic E-state index is 14.7. The Labute approximate surface area is 176 Å². The number of hydrogen-bond acceptors (Lipinski definition) is 8. The van der Waals surface area contributed by atoms with E-state index in [9.17, 15) is 14.6 Å². The Bertz CT molecular complexity index is 962. The molecule has 4 heterocycles. The molecule has 2 aromatic rings. The minimum absolute atomic E-state index is 0.0691. The first-order valence-corrected chi connectivity index (χ1v) is 10.2. The number of aliphatic hydroxyl groups is 1. The molecule has 0 radical (unpaired) electrons. The molecule has 3 atom stereocenters. The number of aliphatic hydroxyl groups excluding tert-OH is 1. The molecule has 160 valence electrons. The quantitative estimate of drug-likeness (QED) is 0.672. The Kier molecular flexibility index (Phi) is 5.03. The number of phenols is 1. The Hall–Kier alpha value is -2.04. The molecular formula is C20H21ClFN3O5. The molecule has 0 amide bonds. The van der Waals surface area contributed by atoms with Crippen LogP contribution >= 0.6 is 11.6 Å². The van der Waals surface area contributed by atoms with Gasteiger partial charge in [-0.2, -0.15) is 0 Å². The van der Waals surface area contributed by atoms with Gasteiger partial charge in [-0.15, -0.1) is 10.2 Å². The maximum Gasteiger partial charge on any atom is 0.155 e. The summed E-state index contributed by atoms with van der Waals surface area (Å²) in [6, 6.07) is 2.13. The Morgan fingerprint density at radius 3 is 2.83 bits per heavy atom. The molecule has 2 saturated heterocycles. The van der Waals surface area contributed by atoms with Crippen molar-refractivity contribution in [3.05, 3.63) is 34.1 Å². The highest BCUT2D eigenvalue weighted by molar-refractivity contribution is 6.30. The number of aromatic nitrogens is 2. The Balaban J connectivity index is 1.64. The normalized spacial score (nSPS) is 28.1. The van der Waals surface area contributed by atoms with Crippen LogP contribution in [0.25, 0.3) is 11.3 Å². The number of aromatic hydroxyl groups is 1. The summed E-state index contributed by atoms with van der Waals surface area (Å²) in [7, 11) is 0. The zero-order valence-electron chi connectivity index (χ0n) is 16.0. The van der Waals surface area contributed by atoms with Gasteiger partial charge in [-0.1, -0.05) is 11.6 Å². The van der Waals surface area contributed by atoms with Crippen molar-refractivity contribution in [3.63, 3.8) is 0 Å². The van der Waals surface area contributed by atoms with E-state index < -0.39 is 17.5 Å². The molecule has 1 aromatic carbocycles. The van der Waals surface area contributed by atoms with Crippen LogP contribution in [0.3, 0.4) is 0 Å². The van der Waals surface area contributed by atoms with Crippen LogP contribution in [0.2, 0.25) is 5.02 Å². The summed E-state index contributed by atoms with van der Waals surface area (Å²) in [6.45, 7) is 1.80. The van der Waals surface area contributed by atoms with Crippen LogP contribution < -0.4 is 5.32 Å². The van der Waals surface area contributed by atoms with Crippen LogP contribution in [0.15, 0.2) is 12.1 Å². The minimum atomic E-state index is -0.725. The van der Waals surface area contributed by atoms with Gasteiger partial charge in [0, 0.05) is 35.8 Å². The zero-order valence-corrected chi connectivity index (χ0v) is 16.8. The molecule has 0 saturated carbocycles. The standard InChI is InChI=1S/C20H21ClFN3O5/c21-10-5-12(22)16(14(26)6-10)18-11-7-30-20(2-4-29-9-20)17(11)19(25-24-18)23-13-1-3-28-8-15(13)27/h5-6,13,15,26-27H,1-4,7-9H2,(H,23,25)/t13-,15-,20+/m1/s1. The largest absolute Gasteiger partial charge is 0.507 e. The Morgan fingerprint density at radius 1 is 1.23 bits per heavy atom. The van der Waals surface area contributed by atoms with Crippen molar-refractivity contribution in [3.8, 4) is 17.0 Å². The number of nitrogens with one attached hydrogen (secondary N) is 1. The first-order chi connectivity index (χ1) is 14.5. The number of phenolic OH excluding ortho intramolecular Hbond substituents is 1. The van der Waals surface area contributed by atoms with Crippen molar-refractivity contribution in [2.24, 2.45) is 0 Å². The fourth-order valence-electron chi connectivity index (χ4n) is 4.41. The second-order valence-electron chi connectivity index (χ2n) is 7.80. The second kappa shape index (κ2) is 7.58. The highest BCUT2D eigenvalue weighted by atomic mass is 35.5. The van der Waals surface area contributed by atoms with Crippen LogP contribution in [-0.4, -0.2) is 59.0 Å². The molecular weight excluding hydrogens is 417 g/mol. The summed E-state index contributed by atoms with van der Waals surface area (Å²) >= 11 is 5.85. The lowest BCUT2D eigenvalue weighted by molar-refractivity contribution is -0.0420. The van der Waals surface area contributed by atoms with Gasteiger partial charge in [0.1, 0.15) is 22.9 Å². The van der Waals surface area contributed by atoms with E-state index in [0.29, 0.717) is 44.0 Å². The lowest BCUT2D eigenvalue weighted by Gasteiger charge is -2.31. The van der Waals surface area contributed by atoms with Gasteiger partial charge < -0.3 is 29.7 Å². The predicted octanol–water partition coefficient (Wildman–Crippen LogP) is 2.35. The number of benzene rings is 1. The third-order valence-electron chi connectivity index (χ3n) is 5.93. The molecule has 0 aliphatic carbocycles. The van der Waals surface area contributed by atoms with E-state index in [1.807, 2.05) is 0 Å². The van der Waals surface area contributed by atoms with E-state index in [4.69, 9.17) is 25.8 Å². The molecule has 2 fully saturated rings. The number of nitrogens with zero attached hydrogens (tertiary/aromatic N) is 2. The van der Waals surface area contributed by atoms with E-state index in [0.717, 1.165) is 11.6 Å². The first kappa shape index (κ1) is 19.9.